The zero-order valence-corrected chi connectivity index (χ0v) is 25.0. The van der Waals surface area contributed by atoms with E-state index in [2.05, 4.69) is 10.3 Å². The number of rotatable bonds is 10. The largest absolute Gasteiger partial charge is 0.476 e. The molecule has 1 aliphatic carbocycles. The number of hydrogen-bond donors (Lipinski definition) is 3. The minimum Gasteiger partial charge on any atom is -0.476 e. The number of aromatic nitrogens is 3. The van der Waals surface area contributed by atoms with Crippen molar-refractivity contribution in [2.45, 2.75) is 30.6 Å². The number of carboxylic acid groups (broad SMARTS) is 1. The molecule has 0 bridgehead atoms. The molecule has 0 atom stereocenters. The van der Waals surface area contributed by atoms with Crippen LogP contribution in [0, 0.1) is 17.6 Å². The van der Waals surface area contributed by atoms with Crippen LogP contribution in [0.2, 0.25) is 0 Å². The molecule has 230 valence electrons. The predicted molar refractivity (Wildman–Crippen MR) is 163 cm³/mol. The molecule has 5 aromatic rings. The van der Waals surface area contributed by atoms with E-state index in [-0.39, 0.29) is 17.8 Å². The Morgan fingerprint density at radius 2 is 1.80 bits per heavy atom. The second kappa shape index (κ2) is 12.0. The van der Waals surface area contributed by atoms with Crippen LogP contribution in [0.4, 0.5) is 14.5 Å². The van der Waals surface area contributed by atoms with E-state index in [1.54, 1.807) is 35.0 Å². The Hall–Kier alpha value is -4.79. The van der Waals surface area contributed by atoms with Crippen molar-refractivity contribution in [2.75, 3.05) is 5.32 Å². The molecule has 0 radical (unpaired) electrons. The maximum atomic E-state index is 15.0. The second-order valence-corrected chi connectivity index (χ2v) is 13.0. The van der Waals surface area contributed by atoms with E-state index in [1.165, 1.54) is 29.6 Å². The van der Waals surface area contributed by atoms with Gasteiger partial charge < -0.3 is 10.4 Å². The van der Waals surface area contributed by atoms with Crippen molar-refractivity contribution in [2.24, 2.45) is 11.1 Å². The normalized spacial score (nSPS) is 13.1. The van der Waals surface area contributed by atoms with Gasteiger partial charge in [-0.15, -0.1) is 11.3 Å². The SMILES string of the molecule is NS(=O)(=O)c1ccc(Cc2c(-c3ccc(F)c(NC(=O)c4ccccc4)c3)nn(-c3nc(C(=O)O)cs3)c2CC2CC2)cc1F. The Morgan fingerprint density at radius 1 is 1.04 bits per heavy atom. The van der Waals surface area contributed by atoms with Gasteiger partial charge in [-0.2, -0.15) is 5.10 Å². The molecule has 6 rings (SSSR count). The van der Waals surface area contributed by atoms with Crippen LogP contribution in [0.3, 0.4) is 0 Å². The molecule has 2 heterocycles. The van der Waals surface area contributed by atoms with Crippen LogP contribution in [0.1, 0.15) is 50.5 Å². The second-order valence-electron chi connectivity index (χ2n) is 10.7. The summed E-state index contributed by atoms with van der Waals surface area (Å²) in [6.45, 7) is 0. The van der Waals surface area contributed by atoms with Gasteiger partial charge in [-0.1, -0.05) is 24.3 Å². The molecule has 4 N–H and O–H groups in total. The van der Waals surface area contributed by atoms with Gasteiger partial charge in [0.2, 0.25) is 15.2 Å². The van der Waals surface area contributed by atoms with Gasteiger partial charge >= 0.3 is 5.97 Å². The number of amides is 1. The zero-order chi connectivity index (χ0) is 31.9. The Morgan fingerprint density at radius 3 is 2.44 bits per heavy atom. The number of anilines is 1. The number of primary sulfonamides is 1. The van der Waals surface area contributed by atoms with Crippen LogP contribution in [-0.2, 0) is 22.9 Å². The smallest absolute Gasteiger partial charge is 0.355 e. The average molecular weight is 650 g/mol. The van der Waals surface area contributed by atoms with Crippen molar-refractivity contribution in [3.8, 4) is 16.4 Å². The van der Waals surface area contributed by atoms with Crippen LogP contribution in [-0.4, -0.2) is 40.2 Å². The van der Waals surface area contributed by atoms with Crippen molar-refractivity contribution in [1.29, 1.82) is 0 Å². The van der Waals surface area contributed by atoms with Crippen LogP contribution >= 0.6 is 11.3 Å². The number of carbonyl (C=O) groups is 2. The fourth-order valence-corrected chi connectivity index (χ4v) is 6.33. The third-order valence-electron chi connectivity index (χ3n) is 7.37. The number of aromatic carboxylic acids is 1. The van der Waals surface area contributed by atoms with Crippen LogP contribution in [0.25, 0.3) is 16.4 Å². The summed E-state index contributed by atoms with van der Waals surface area (Å²) in [6.07, 6.45) is 2.60. The Bertz CT molecular complexity index is 2060. The summed E-state index contributed by atoms with van der Waals surface area (Å²) in [4.78, 5) is 28.0. The van der Waals surface area contributed by atoms with E-state index in [1.807, 2.05) is 0 Å². The summed E-state index contributed by atoms with van der Waals surface area (Å²) in [5, 5.41) is 23.7. The molecule has 1 saturated carbocycles. The summed E-state index contributed by atoms with van der Waals surface area (Å²) in [5.74, 6) is -3.06. The molecular weight excluding hydrogens is 625 g/mol. The quantitative estimate of drug-likeness (QED) is 0.182. The van der Waals surface area contributed by atoms with Gasteiger partial charge in [0.25, 0.3) is 5.91 Å². The predicted octanol–water partition coefficient (Wildman–Crippen LogP) is 5.42. The maximum absolute atomic E-state index is 15.0. The number of sulfonamides is 1. The van der Waals surface area contributed by atoms with E-state index < -0.39 is 38.4 Å². The molecule has 0 unspecified atom stereocenters. The third kappa shape index (κ3) is 6.53. The number of halogens is 2. The summed E-state index contributed by atoms with van der Waals surface area (Å²) >= 11 is 1.09. The number of carboxylic acids is 1. The number of thiazole rings is 1. The van der Waals surface area contributed by atoms with Crippen molar-refractivity contribution in [3.63, 3.8) is 0 Å². The lowest BCUT2D eigenvalue weighted by Gasteiger charge is -2.11. The minimum atomic E-state index is -4.28. The van der Waals surface area contributed by atoms with Gasteiger partial charge in [-0.3, -0.25) is 4.79 Å². The lowest BCUT2D eigenvalue weighted by Crippen LogP contribution is -2.14. The lowest BCUT2D eigenvalue weighted by atomic mass is 9.96. The van der Waals surface area contributed by atoms with E-state index >= 15 is 0 Å². The lowest BCUT2D eigenvalue weighted by molar-refractivity contribution is 0.0691. The summed E-state index contributed by atoms with van der Waals surface area (Å²) < 4.78 is 55.0. The minimum absolute atomic E-state index is 0.0865. The molecule has 3 aromatic carbocycles. The van der Waals surface area contributed by atoms with E-state index in [0.29, 0.717) is 51.1 Å². The van der Waals surface area contributed by atoms with Crippen molar-refractivity contribution >= 4 is 38.9 Å². The highest BCUT2D eigenvalue weighted by Crippen LogP contribution is 2.39. The summed E-state index contributed by atoms with van der Waals surface area (Å²) in [5.41, 5.74) is 2.66. The Labute approximate surface area is 260 Å². The first-order valence-electron chi connectivity index (χ1n) is 13.8. The topological polar surface area (TPSA) is 157 Å². The van der Waals surface area contributed by atoms with Crippen LogP contribution in [0.15, 0.2) is 77.0 Å². The average Bonchev–Trinajstić information content (AvgIpc) is 3.56. The standard InChI is InChI=1S/C31H25F2N5O5S2/c32-22-10-9-20(15-24(22)35-29(39)19-4-2-1-3-5-19)28-21(12-18-8-11-27(23(33)13-18)45(34,42)43)26(14-17-6-7-17)38(37-28)31-36-25(16-44-31)30(40)41/h1-5,8-11,13,15-17H,6-7,12,14H2,(H,35,39)(H,40,41)(H2,34,42,43). The number of benzene rings is 3. The molecule has 1 fully saturated rings. The van der Waals surface area contributed by atoms with E-state index in [4.69, 9.17) is 10.2 Å². The van der Waals surface area contributed by atoms with Gasteiger partial charge in [0, 0.05) is 28.5 Å². The molecule has 0 spiro atoms. The van der Waals surface area contributed by atoms with Crippen molar-refractivity contribution < 1.29 is 31.9 Å². The number of carbonyl (C=O) groups excluding carboxylic acids is 1. The van der Waals surface area contributed by atoms with Gasteiger partial charge in [-0.25, -0.2) is 36.8 Å². The van der Waals surface area contributed by atoms with Gasteiger partial charge in [0.05, 0.1) is 17.1 Å². The number of nitrogens with two attached hydrogens (primary N) is 1. The highest BCUT2D eigenvalue weighted by molar-refractivity contribution is 7.89. The molecule has 45 heavy (non-hydrogen) atoms. The molecule has 1 aliphatic rings. The molecule has 1 amide bonds. The van der Waals surface area contributed by atoms with Crippen LogP contribution in [0.5, 0.6) is 0 Å². The third-order valence-corrected chi connectivity index (χ3v) is 9.13. The van der Waals surface area contributed by atoms with E-state index in [0.717, 1.165) is 36.3 Å². The Kier molecular flexibility index (Phi) is 8.03. The first-order valence-corrected chi connectivity index (χ1v) is 16.2. The Balaban J connectivity index is 1.49. The van der Waals surface area contributed by atoms with E-state index in [9.17, 15) is 31.9 Å². The highest BCUT2D eigenvalue weighted by Gasteiger charge is 2.30. The first-order chi connectivity index (χ1) is 21.5. The zero-order valence-electron chi connectivity index (χ0n) is 23.4. The van der Waals surface area contributed by atoms with Crippen molar-refractivity contribution in [1.82, 2.24) is 14.8 Å². The summed E-state index contributed by atoms with van der Waals surface area (Å²) in [7, 11) is -4.28. The number of nitrogens with one attached hydrogen (secondary N) is 1. The molecular formula is C31H25F2N5O5S2. The van der Waals surface area contributed by atoms with Crippen LogP contribution < -0.4 is 10.5 Å². The maximum Gasteiger partial charge on any atom is 0.355 e. The number of nitrogens with zero attached hydrogens (tertiary/aromatic N) is 3. The van der Waals surface area contributed by atoms with Crippen molar-refractivity contribution in [3.05, 3.63) is 112 Å². The fourth-order valence-electron chi connectivity index (χ4n) is 4.97. The molecule has 0 aliphatic heterocycles. The fraction of sp³-hybridized carbons (Fsp3) is 0.161. The molecule has 0 saturated heterocycles. The first kappa shape index (κ1) is 30.2. The monoisotopic (exact) mass is 649 g/mol. The summed E-state index contributed by atoms with van der Waals surface area (Å²) in [6, 6.07) is 16.1. The van der Waals surface area contributed by atoms with Gasteiger partial charge in [-0.05, 0) is 73.2 Å². The highest BCUT2D eigenvalue weighted by atomic mass is 32.2. The molecule has 14 heteroatoms. The number of hydrogen-bond acceptors (Lipinski definition) is 7. The van der Waals surface area contributed by atoms with Gasteiger partial charge in [0.15, 0.2) is 5.69 Å². The molecule has 2 aromatic heterocycles. The van der Waals surface area contributed by atoms with Gasteiger partial charge in [0.1, 0.15) is 16.5 Å². The molecule has 10 nitrogen and oxygen atoms in total.